The van der Waals surface area contributed by atoms with Gasteiger partial charge in [-0.05, 0) is 31.5 Å². The van der Waals surface area contributed by atoms with Crippen molar-refractivity contribution in [3.05, 3.63) is 47.7 Å². The molecule has 1 aromatic carbocycles. The van der Waals surface area contributed by atoms with Crippen LogP contribution in [0.25, 0.3) is 0 Å². The summed E-state index contributed by atoms with van der Waals surface area (Å²) in [6.07, 6.45) is 1.58. The molecule has 0 fully saturated rings. The average Bonchev–Trinajstić information content (AvgIpc) is 2.59. The van der Waals surface area contributed by atoms with Gasteiger partial charge in [0.2, 0.25) is 0 Å². The molecule has 1 atom stereocenters. The highest BCUT2D eigenvalue weighted by Crippen LogP contribution is 2.35. The Hall–Kier alpha value is -2.96. The van der Waals surface area contributed by atoms with E-state index in [2.05, 4.69) is 11.9 Å². The number of amides is 2. The number of methoxy groups -OCH3 is 1. The number of rotatable bonds is 6. The molecule has 0 aromatic heterocycles. The van der Waals surface area contributed by atoms with Crippen LogP contribution < -0.4 is 10.1 Å². The van der Waals surface area contributed by atoms with Gasteiger partial charge in [0, 0.05) is 12.2 Å². The maximum atomic E-state index is 12.4. The van der Waals surface area contributed by atoms with Gasteiger partial charge >= 0.3 is 12.0 Å². The van der Waals surface area contributed by atoms with E-state index in [1.807, 2.05) is 0 Å². The number of carbonyl (C=O) groups excluding carboxylic acids is 2. The molecule has 2 rings (SSSR count). The SMILES string of the molecule is C=CCN1C(=O)NC(c2ccc(O)c(OCC)c2)C(C(=O)OC)=C1C. The number of hydrogen-bond donors (Lipinski definition) is 2. The Morgan fingerprint density at radius 2 is 2.20 bits per heavy atom. The molecule has 0 saturated carbocycles. The summed E-state index contributed by atoms with van der Waals surface area (Å²) in [7, 11) is 1.29. The van der Waals surface area contributed by atoms with E-state index < -0.39 is 12.0 Å². The first-order valence-corrected chi connectivity index (χ1v) is 7.88. The second-order valence-corrected chi connectivity index (χ2v) is 5.43. The number of urea groups is 1. The van der Waals surface area contributed by atoms with Crippen LogP contribution in [0.2, 0.25) is 0 Å². The number of nitrogens with one attached hydrogen (secondary N) is 1. The van der Waals surface area contributed by atoms with E-state index in [9.17, 15) is 14.7 Å². The van der Waals surface area contributed by atoms with Crippen molar-refractivity contribution >= 4 is 12.0 Å². The number of benzene rings is 1. The number of aromatic hydroxyl groups is 1. The van der Waals surface area contributed by atoms with Crippen LogP contribution in [0.1, 0.15) is 25.5 Å². The van der Waals surface area contributed by atoms with Gasteiger partial charge in [-0.3, -0.25) is 4.90 Å². The van der Waals surface area contributed by atoms with Gasteiger partial charge in [0.1, 0.15) is 0 Å². The molecule has 1 aliphatic heterocycles. The van der Waals surface area contributed by atoms with Crippen molar-refractivity contribution in [3.63, 3.8) is 0 Å². The van der Waals surface area contributed by atoms with Gasteiger partial charge in [-0.25, -0.2) is 9.59 Å². The summed E-state index contributed by atoms with van der Waals surface area (Å²) in [5.74, 6) is -0.270. The molecular formula is C18H22N2O5. The standard InChI is InChI=1S/C18H22N2O5/c1-5-9-20-11(3)15(17(22)24-4)16(19-18(20)23)12-7-8-13(21)14(10-12)25-6-2/h5,7-8,10,16,21H,1,6,9H2,2-4H3,(H,19,23). The zero-order chi connectivity index (χ0) is 18.6. The van der Waals surface area contributed by atoms with Crippen LogP contribution >= 0.6 is 0 Å². The highest BCUT2D eigenvalue weighted by atomic mass is 16.5. The normalized spacial score (nSPS) is 17.2. The highest BCUT2D eigenvalue weighted by Gasteiger charge is 2.36. The van der Waals surface area contributed by atoms with Crippen molar-refractivity contribution in [3.8, 4) is 11.5 Å². The van der Waals surface area contributed by atoms with Crippen LogP contribution in [0.4, 0.5) is 4.79 Å². The Bertz CT molecular complexity index is 726. The van der Waals surface area contributed by atoms with Crippen LogP contribution in [-0.4, -0.2) is 42.3 Å². The Morgan fingerprint density at radius 3 is 2.80 bits per heavy atom. The van der Waals surface area contributed by atoms with Crippen molar-refractivity contribution in [1.29, 1.82) is 0 Å². The lowest BCUT2D eigenvalue weighted by Gasteiger charge is -2.34. The fourth-order valence-electron chi connectivity index (χ4n) is 2.74. The molecule has 134 valence electrons. The zero-order valence-corrected chi connectivity index (χ0v) is 14.5. The highest BCUT2D eigenvalue weighted by molar-refractivity contribution is 5.95. The lowest BCUT2D eigenvalue weighted by Crippen LogP contribution is -2.48. The smallest absolute Gasteiger partial charge is 0.337 e. The summed E-state index contributed by atoms with van der Waals surface area (Å²) in [5, 5.41) is 12.7. The first kappa shape index (κ1) is 18.4. The molecule has 25 heavy (non-hydrogen) atoms. The first-order chi connectivity index (χ1) is 11.9. The summed E-state index contributed by atoms with van der Waals surface area (Å²) < 4.78 is 10.3. The third-order valence-electron chi connectivity index (χ3n) is 3.93. The van der Waals surface area contributed by atoms with Gasteiger partial charge in [-0.15, -0.1) is 6.58 Å². The van der Waals surface area contributed by atoms with Crippen molar-refractivity contribution in [2.75, 3.05) is 20.3 Å². The maximum Gasteiger partial charge on any atom is 0.337 e. The molecule has 0 saturated heterocycles. The zero-order valence-electron chi connectivity index (χ0n) is 14.5. The first-order valence-electron chi connectivity index (χ1n) is 7.88. The maximum absolute atomic E-state index is 12.4. The van der Waals surface area contributed by atoms with Crippen LogP contribution in [0.5, 0.6) is 11.5 Å². The van der Waals surface area contributed by atoms with Gasteiger partial charge in [0.25, 0.3) is 0 Å². The Kier molecular flexibility index (Phi) is 5.69. The second-order valence-electron chi connectivity index (χ2n) is 5.43. The monoisotopic (exact) mass is 346 g/mol. The number of carbonyl (C=O) groups is 2. The number of phenols is 1. The quantitative estimate of drug-likeness (QED) is 0.610. The summed E-state index contributed by atoms with van der Waals surface area (Å²) in [6.45, 7) is 7.75. The van der Waals surface area contributed by atoms with Crippen LogP contribution in [-0.2, 0) is 9.53 Å². The number of hydrogen-bond acceptors (Lipinski definition) is 5. The topological polar surface area (TPSA) is 88.1 Å². The molecule has 1 aromatic rings. The van der Waals surface area contributed by atoms with Gasteiger partial charge < -0.3 is 19.9 Å². The predicted octanol–water partition coefficient (Wildman–Crippen LogP) is 2.49. The summed E-state index contributed by atoms with van der Waals surface area (Å²) >= 11 is 0. The van der Waals surface area contributed by atoms with Crippen molar-refractivity contribution in [2.45, 2.75) is 19.9 Å². The van der Waals surface area contributed by atoms with E-state index in [0.29, 0.717) is 23.4 Å². The van der Waals surface area contributed by atoms with Crippen molar-refractivity contribution in [2.24, 2.45) is 0 Å². The fraction of sp³-hybridized carbons (Fsp3) is 0.333. The minimum absolute atomic E-state index is 0.0126. The van der Waals surface area contributed by atoms with Gasteiger partial charge in [0.05, 0.1) is 25.3 Å². The molecular weight excluding hydrogens is 324 g/mol. The molecule has 0 radical (unpaired) electrons. The second kappa shape index (κ2) is 7.74. The van der Waals surface area contributed by atoms with Crippen molar-refractivity contribution in [1.82, 2.24) is 10.2 Å². The van der Waals surface area contributed by atoms with E-state index in [-0.39, 0.29) is 24.1 Å². The average molecular weight is 346 g/mol. The summed E-state index contributed by atoms with van der Waals surface area (Å²) in [4.78, 5) is 26.2. The summed E-state index contributed by atoms with van der Waals surface area (Å²) in [5.41, 5.74) is 1.41. The molecule has 7 heteroatoms. The van der Waals surface area contributed by atoms with E-state index >= 15 is 0 Å². The lowest BCUT2D eigenvalue weighted by molar-refractivity contribution is -0.136. The van der Waals surface area contributed by atoms with Gasteiger partial charge in [-0.2, -0.15) is 0 Å². The third kappa shape index (κ3) is 3.60. The molecule has 1 aliphatic rings. The molecule has 2 N–H and O–H groups in total. The number of phenolic OH excluding ortho intramolecular Hbond substituents is 1. The van der Waals surface area contributed by atoms with Gasteiger partial charge in [-0.1, -0.05) is 12.1 Å². The molecule has 0 bridgehead atoms. The van der Waals surface area contributed by atoms with E-state index in [4.69, 9.17) is 9.47 Å². The Morgan fingerprint density at radius 1 is 1.48 bits per heavy atom. The fourth-order valence-corrected chi connectivity index (χ4v) is 2.74. The minimum Gasteiger partial charge on any atom is -0.504 e. The molecule has 1 unspecified atom stereocenters. The van der Waals surface area contributed by atoms with E-state index in [1.165, 1.54) is 18.1 Å². The number of allylic oxidation sites excluding steroid dienone is 1. The van der Waals surface area contributed by atoms with Gasteiger partial charge in [0.15, 0.2) is 11.5 Å². The number of ether oxygens (including phenoxy) is 2. The Balaban J connectivity index is 2.55. The largest absolute Gasteiger partial charge is 0.504 e. The van der Waals surface area contributed by atoms with Crippen LogP contribution in [0.3, 0.4) is 0 Å². The van der Waals surface area contributed by atoms with Crippen molar-refractivity contribution < 1.29 is 24.2 Å². The molecule has 0 spiro atoms. The van der Waals surface area contributed by atoms with Crippen LogP contribution in [0, 0.1) is 0 Å². The molecule has 1 heterocycles. The predicted molar refractivity (Wildman–Crippen MR) is 92.2 cm³/mol. The molecule has 7 nitrogen and oxygen atoms in total. The third-order valence-corrected chi connectivity index (χ3v) is 3.93. The number of esters is 1. The van der Waals surface area contributed by atoms with Crippen LogP contribution in [0.15, 0.2) is 42.1 Å². The van der Waals surface area contributed by atoms with E-state index in [0.717, 1.165) is 0 Å². The summed E-state index contributed by atoms with van der Waals surface area (Å²) in [6, 6.07) is 3.64. The molecule has 2 amide bonds. The van der Waals surface area contributed by atoms with E-state index in [1.54, 1.807) is 32.1 Å². The molecule has 0 aliphatic carbocycles. The lowest BCUT2D eigenvalue weighted by atomic mass is 9.94. The minimum atomic E-state index is -0.708. The number of nitrogens with zero attached hydrogens (tertiary/aromatic N) is 1. The Labute approximate surface area is 146 Å².